The molecule has 0 saturated carbocycles. The molecule has 0 bridgehead atoms. The fraction of sp³-hybridized carbons (Fsp3) is 0.273. The number of hydrogen-bond acceptors (Lipinski definition) is 3. The Balaban J connectivity index is 2.11. The predicted molar refractivity (Wildman–Crippen MR) is 69.6 cm³/mol. The SMILES string of the molecule is Cc1nc(CCn2cc(Br)cc2C(=O)O)cs1. The van der Waals surface area contributed by atoms with Crippen molar-refractivity contribution in [2.75, 3.05) is 0 Å². The van der Waals surface area contributed by atoms with E-state index >= 15 is 0 Å². The van der Waals surface area contributed by atoms with Crippen molar-refractivity contribution in [2.45, 2.75) is 19.9 Å². The molecular formula is C11H11BrN2O2S. The van der Waals surface area contributed by atoms with Gasteiger partial charge in [-0.2, -0.15) is 0 Å². The van der Waals surface area contributed by atoms with Gasteiger partial charge in [0, 0.05) is 29.0 Å². The Labute approximate surface area is 111 Å². The minimum absolute atomic E-state index is 0.295. The van der Waals surface area contributed by atoms with Gasteiger partial charge >= 0.3 is 5.97 Å². The first-order valence-electron chi connectivity index (χ1n) is 5.06. The highest BCUT2D eigenvalue weighted by molar-refractivity contribution is 9.10. The number of halogens is 1. The van der Waals surface area contributed by atoms with Crippen LogP contribution < -0.4 is 0 Å². The summed E-state index contributed by atoms with van der Waals surface area (Å²) < 4.78 is 2.51. The molecule has 0 aliphatic rings. The van der Waals surface area contributed by atoms with Crippen molar-refractivity contribution in [1.82, 2.24) is 9.55 Å². The molecule has 2 aromatic heterocycles. The third kappa shape index (κ3) is 2.95. The summed E-state index contributed by atoms with van der Waals surface area (Å²) >= 11 is 4.89. The topological polar surface area (TPSA) is 55.1 Å². The number of aromatic nitrogens is 2. The number of carbonyl (C=O) groups is 1. The van der Waals surface area contributed by atoms with Gasteiger partial charge in [0.15, 0.2) is 0 Å². The van der Waals surface area contributed by atoms with E-state index in [-0.39, 0.29) is 0 Å². The lowest BCUT2D eigenvalue weighted by Crippen LogP contribution is -2.09. The van der Waals surface area contributed by atoms with Gasteiger partial charge in [-0.3, -0.25) is 0 Å². The molecule has 0 aromatic carbocycles. The van der Waals surface area contributed by atoms with Crippen molar-refractivity contribution in [3.05, 3.63) is 38.5 Å². The molecule has 2 aromatic rings. The van der Waals surface area contributed by atoms with E-state index in [1.807, 2.05) is 12.3 Å². The van der Waals surface area contributed by atoms with E-state index in [2.05, 4.69) is 20.9 Å². The van der Waals surface area contributed by atoms with Crippen LogP contribution >= 0.6 is 27.3 Å². The lowest BCUT2D eigenvalue weighted by molar-refractivity contribution is 0.0685. The standard InChI is InChI=1S/C11H11BrN2O2S/c1-7-13-9(6-17-7)2-3-14-5-8(12)4-10(14)11(15)16/h4-6H,2-3H2,1H3,(H,15,16). The number of nitrogens with zero attached hydrogens (tertiary/aromatic N) is 2. The highest BCUT2D eigenvalue weighted by Gasteiger charge is 2.11. The van der Waals surface area contributed by atoms with Crippen LogP contribution in [0.5, 0.6) is 0 Å². The van der Waals surface area contributed by atoms with Crippen LogP contribution in [0, 0.1) is 6.92 Å². The first kappa shape index (κ1) is 12.3. The van der Waals surface area contributed by atoms with E-state index in [1.54, 1.807) is 28.2 Å². The molecule has 0 unspecified atom stereocenters. The maximum Gasteiger partial charge on any atom is 0.352 e. The maximum atomic E-state index is 11.0. The van der Waals surface area contributed by atoms with Gasteiger partial charge in [-0.1, -0.05) is 0 Å². The van der Waals surface area contributed by atoms with Crippen LogP contribution in [0.2, 0.25) is 0 Å². The maximum absolute atomic E-state index is 11.0. The summed E-state index contributed by atoms with van der Waals surface area (Å²) in [6.45, 7) is 2.58. The van der Waals surface area contributed by atoms with E-state index in [9.17, 15) is 4.79 Å². The van der Waals surface area contributed by atoms with Gasteiger partial charge in [-0.25, -0.2) is 9.78 Å². The monoisotopic (exact) mass is 314 g/mol. The molecule has 2 rings (SSSR count). The number of aromatic carboxylic acids is 1. The average molecular weight is 315 g/mol. The lowest BCUT2D eigenvalue weighted by atomic mass is 10.3. The van der Waals surface area contributed by atoms with Gasteiger partial charge in [0.25, 0.3) is 0 Å². The summed E-state index contributed by atoms with van der Waals surface area (Å²) in [4.78, 5) is 15.3. The van der Waals surface area contributed by atoms with E-state index < -0.39 is 5.97 Å². The van der Waals surface area contributed by atoms with Gasteiger partial charge < -0.3 is 9.67 Å². The van der Waals surface area contributed by atoms with E-state index in [0.717, 1.165) is 21.6 Å². The first-order valence-corrected chi connectivity index (χ1v) is 6.73. The highest BCUT2D eigenvalue weighted by atomic mass is 79.9. The minimum atomic E-state index is -0.912. The van der Waals surface area contributed by atoms with Crippen LogP contribution in [0.1, 0.15) is 21.2 Å². The van der Waals surface area contributed by atoms with Crippen molar-refractivity contribution in [2.24, 2.45) is 0 Å². The zero-order chi connectivity index (χ0) is 12.4. The number of hydrogen-bond donors (Lipinski definition) is 1. The van der Waals surface area contributed by atoms with Gasteiger partial charge in [-0.15, -0.1) is 11.3 Å². The largest absolute Gasteiger partial charge is 0.477 e. The molecule has 17 heavy (non-hydrogen) atoms. The normalized spacial score (nSPS) is 10.7. The Hall–Kier alpha value is -1.14. The van der Waals surface area contributed by atoms with E-state index in [0.29, 0.717) is 12.2 Å². The molecule has 0 amide bonds. The van der Waals surface area contributed by atoms with Gasteiger partial charge in [0.1, 0.15) is 5.69 Å². The van der Waals surface area contributed by atoms with Gasteiger partial charge in [-0.05, 0) is 28.9 Å². The molecular weight excluding hydrogens is 304 g/mol. The lowest BCUT2D eigenvalue weighted by Gasteiger charge is -2.04. The molecule has 0 spiro atoms. The number of carboxylic acids is 1. The summed E-state index contributed by atoms with van der Waals surface area (Å²) in [5.41, 5.74) is 1.30. The second-order valence-electron chi connectivity index (χ2n) is 3.65. The zero-order valence-electron chi connectivity index (χ0n) is 9.18. The molecule has 0 atom stereocenters. The Bertz CT molecular complexity index is 547. The van der Waals surface area contributed by atoms with Crippen LogP contribution in [-0.2, 0) is 13.0 Å². The number of aryl methyl sites for hydroxylation is 3. The van der Waals surface area contributed by atoms with Crippen molar-refractivity contribution in [3.63, 3.8) is 0 Å². The second kappa shape index (κ2) is 5.01. The third-order valence-electron chi connectivity index (χ3n) is 2.36. The molecule has 0 fully saturated rings. The van der Waals surface area contributed by atoms with E-state index in [4.69, 9.17) is 5.11 Å². The molecule has 90 valence electrons. The van der Waals surface area contributed by atoms with Crippen molar-refractivity contribution < 1.29 is 9.90 Å². The molecule has 0 aliphatic carbocycles. The molecule has 1 N–H and O–H groups in total. The molecule has 0 saturated heterocycles. The molecule has 4 nitrogen and oxygen atoms in total. The van der Waals surface area contributed by atoms with Crippen LogP contribution in [-0.4, -0.2) is 20.6 Å². The van der Waals surface area contributed by atoms with Crippen LogP contribution in [0.3, 0.4) is 0 Å². The molecule has 2 heterocycles. The van der Waals surface area contributed by atoms with Crippen LogP contribution in [0.25, 0.3) is 0 Å². The Morgan fingerprint density at radius 3 is 3.00 bits per heavy atom. The molecule has 0 radical (unpaired) electrons. The predicted octanol–water partition coefficient (Wildman–Crippen LogP) is 2.96. The number of rotatable bonds is 4. The Morgan fingerprint density at radius 2 is 2.41 bits per heavy atom. The zero-order valence-corrected chi connectivity index (χ0v) is 11.6. The summed E-state index contributed by atoms with van der Waals surface area (Å²) in [6.07, 6.45) is 2.52. The average Bonchev–Trinajstić information content (AvgIpc) is 2.82. The smallest absolute Gasteiger partial charge is 0.352 e. The highest BCUT2D eigenvalue weighted by Crippen LogP contribution is 2.16. The third-order valence-corrected chi connectivity index (χ3v) is 3.61. The first-order chi connectivity index (χ1) is 8.06. The van der Waals surface area contributed by atoms with Crippen LogP contribution in [0.15, 0.2) is 22.1 Å². The van der Waals surface area contributed by atoms with Crippen LogP contribution in [0.4, 0.5) is 0 Å². The molecule has 0 aliphatic heterocycles. The second-order valence-corrected chi connectivity index (χ2v) is 5.63. The quantitative estimate of drug-likeness (QED) is 0.944. The summed E-state index contributed by atoms with van der Waals surface area (Å²) in [5.74, 6) is -0.912. The fourth-order valence-electron chi connectivity index (χ4n) is 1.60. The van der Waals surface area contributed by atoms with Crippen molar-refractivity contribution >= 4 is 33.2 Å². The summed E-state index contributed by atoms with van der Waals surface area (Å²) in [6, 6.07) is 1.61. The number of carboxylic acid groups (broad SMARTS) is 1. The van der Waals surface area contributed by atoms with Crippen molar-refractivity contribution in [1.29, 1.82) is 0 Å². The molecule has 6 heteroatoms. The Kier molecular flexibility index (Phi) is 3.63. The fourth-order valence-corrected chi connectivity index (χ4v) is 2.71. The Morgan fingerprint density at radius 1 is 1.65 bits per heavy atom. The van der Waals surface area contributed by atoms with Crippen molar-refractivity contribution in [3.8, 4) is 0 Å². The minimum Gasteiger partial charge on any atom is -0.477 e. The van der Waals surface area contributed by atoms with Gasteiger partial charge in [0.05, 0.1) is 10.7 Å². The number of thiazole rings is 1. The van der Waals surface area contributed by atoms with E-state index in [1.165, 1.54) is 0 Å². The summed E-state index contributed by atoms with van der Waals surface area (Å²) in [5, 5.41) is 12.1. The van der Waals surface area contributed by atoms with Gasteiger partial charge in [0.2, 0.25) is 0 Å². The summed E-state index contributed by atoms with van der Waals surface area (Å²) in [7, 11) is 0.